The second-order valence-electron chi connectivity index (χ2n) is 3.80. The van der Waals surface area contributed by atoms with Gasteiger partial charge in [-0.05, 0) is 30.3 Å². The van der Waals surface area contributed by atoms with Crippen LogP contribution >= 0.6 is 11.6 Å². The predicted molar refractivity (Wildman–Crippen MR) is 71.2 cm³/mol. The molecule has 2 aromatic carbocycles. The highest BCUT2D eigenvalue weighted by molar-refractivity contribution is 6.33. The number of halogens is 1. The lowest BCUT2D eigenvalue weighted by Crippen LogP contribution is -2.09. The standard InChI is InChI=1S/C13H8ClNO5/c14-12-6-1-8(15(18)19)7-11(12)13(17)20-10-4-2-9(16)3-5-10/h1-7,16H. The molecule has 0 aromatic heterocycles. The molecule has 0 fully saturated rings. The molecular formula is C13H8ClNO5. The minimum absolute atomic E-state index is 0.0261. The monoisotopic (exact) mass is 293 g/mol. The van der Waals surface area contributed by atoms with Crippen molar-refractivity contribution in [1.82, 2.24) is 0 Å². The van der Waals surface area contributed by atoms with Gasteiger partial charge in [0.25, 0.3) is 5.69 Å². The van der Waals surface area contributed by atoms with Crippen LogP contribution in [0.2, 0.25) is 5.02 Å². The Morgan fingerprint density at radius 2 is 1.85 bits per heavy atom. The van der Waals surface area contributed by atoms with Crippen LogP contribution in [0.4, 0.5) is 5.69 Å². The molecule has 6 nitrogen and oxygen atoms in total. The van der Waals surface area contributed by atoms with Gasteiger partial charge in [-0.2, -0.15) is 0 Å². The zero-order chi connectivity index (χ0) is 14.7. The summed E-state index contributed by atoms with van der Waals surface area (Å²) in [5.41, 5.74) is -0.360. The summed E-state index contributed by atoms with van der Waals surface area (Å²) in [6, 6.07) is 8.96. The number of benzene rings is 2. The molecule has 0 aliphatic heterocycles. The maximum atomic E-state index is 11.9. The summed E-state index contributed by atoms with van der Waals surface area (Å²) in [6.07, 6.45) is 0. The van der Waals surface area contributed by atoms with Crippen molar-refractivity contribution in [2.75, 3.05) is 0 Å². The molecule has 0 bridgehead atoms. The van der Waals surface area contributed by atoms with Crippen LogP contribution in [-0.4, -0.2) is 16.0 Å². The van der Waals surface area contributed by atoms with E-state index in [0.29, 0.717) is 0 Å². The van der Waals surface area contributed by atoms with Crippen LogP contribution in [0.15, 0.2) is 42.5 Å². The summed E-state index contributed by atoms with van der Waals surface area (Å²) in [6.45, 7) is 0. The number of nitro groups is 1. The van der Waals surface area contributed by atoms with Crippen LogP contribution in [0.25, 0.3) is 0 Å². The van der Waals surface area contributed by atoms with Crippen molar-refractivity contribution in [3.8, 4) is 11.5 Å². The van der Waals surface area contributed by atoms with Gasteiger partial charge in [0, 0.05) is 12.1 Å². The number of aromatic hydroxyl groups is 1. The summed E-state index contributed by atoms with van der Waals surface area (Å²) in [4.78, 5) is 21.9. The first-order valence-corrected chi connectivity index (χ1v) is 5.80. The lowest BCUT2D eigenvalue weighted by atomic mass is 10.2. The molecule has 0 aliphatic carbocycles. The number of non-ortho nitro benzene ring substituents is 1. The van der Waals surface area contributed by atoms with E-state index in [4.69, 9.17) is 21.4 Å². The van der Waals surface area contributed by atoms with Crippen molar-refractivity contribution in [3.63, 3.8) is 0 Å². The molecule has 0 saturated carbocycles. The zero-order valence-corrected chi connectivity index (χ0v) is 10.7. The van der Waals surface area contributed by atoms with E-state index in [1.54, 1.807) is 0 Å². The molecule has 2 rings (SSSR count). The lowest BCUT2D eigenvalue weighted by molar-refractivity contribution is -0.384. The third-order valence-corrected chi connectivity index (χ3v) is 2.76. The first-order valence-electron chi connectivity index (χ1n) is 5.42. The molecule has 0 radical (unpaired) electrons. The molecular weight excluding hydrogens is 286 g/mol. The highest BCUT2D eigenvalue weighted by atomic mass is 35.5. The fourth-order valence-corrected chi connectivity index (χ4v) is 1.65. The van der Waals surface area contributed by atoms with Gasteiger partial charge in [-0.15, -0.1) is 0 Å². The summed E-state index contributed by atoms with van der Waals surface area (Å²) < 4.78 is 5.01. The number of carbonyl (C=O) groups excluding carboxylic acids is 1. The number of phenols is 1. The van der Waals surface area contributed by atoms with Gasteiger partial charge in [-0.1, -0.05) is 11.6 Å². The number of rotatable bonds is 3. The highest BCUT2D eigenvalue weighted by Crippen LogP contribution is 2.24. The number of hydrogen-bond donors (Lipinski definition) is 1. The third kappa shape index (κ3) is 3.04. The molecule has 0 atom stereocenters. The van der Waals surface area contributed by atoms with Gasteiger partial charge in [-0.25, -0.2) is 4.79 Å². The van der Waals surface area contributed by atoms with Crippen molar-refractivity contribution >= 4 is 23.3 Å². The maximum absolute atomic E-state index is 11.9. The van der Waals surface area contributed by atoms with Crippen LogP contribution in [-0.2, 0) is 0 Å². The summed E-state index contributed by atoms with van der Waals surface area (Å²) >= 11 is 5.82. The second kappa shape index (κ2) is 5.58. The zero-order valence-electron chi connectivity index (χ0n) is 9.95. The fraction of sp³-hybridized carbons (Fsp3) is 0. The number of carbonyl (C=O) groups is 1. The Bertz CT molecular complexity index is 669. The van der Waals surface area contributed by atoms with E-state index in [1.165, 1.54) is 36.4 Å². The van der Waals surface area contributed by atoms with Crippen molar-refractivity contribution in [2.24, 2.45) is 0 Å². The Labute approximate surface area is 118 Å². The maximum Gasteiger partial charge on any atom is 0.345 e. The van der Waals surface area contributed by atoms with Crippen LogP contribution in [0, 0.1) is 10.1 Å². The Kier molecular flexibility index (Phi) is 3.86. The van der Waals surface area contributed by atoms with Gasteiger partial charge < -0.3 is 9.84 Å². The Morgan fingerprint density at radius 3 is 2.45 bits per heavy atom. The number of phenolic OH excluding ortho intramolecular Hbond substituents is 1. The van der Waals surface area contributed by atoms with Crippen LogP contribution < -0.4 is 4.74 Å². The lowest BCUT2D eigenvalue weighted by Gasteiger charge is -2.05. The van der Waals surface area contributed by atoms with Crippen LogP contribution in [0.1, 0.15) is 10.4 Å². The molecule has 0 aliphatic rings. The minimum atomic E-state index is -0.815. The normalized spacial score (nSPS) is 10.1. The second-order valence-corrected chi connectivity index (χ2v) is 4.21. The van der Waals surface area contributed by atoms with E-state index in [9.17, 15) is 14.9 Å². The summed E-state index contributed by atoms with van der Waals surface area (Å²) in [5.74, 6) is -0.599. The first-order chi connectivity index (χ1) is 9.47. The molecule has 102 valence electrons. The van der Waals surface area contributed by atoms with E-state index in [1.807, 2.05) is 0 Å². The molecule has 20 heavy (non-hydrogen) atoms. The molecule has 7 heteroatoms. The molecule has 1 N–H and O–H groups in total. The van der Waals surface area contributed by atoms with Gasteiger partial charge in [-0.3, -0.25) is 10.1 Å². The van der Waals surface area contributed by atoms with Crippen molar-refractivity contribution < 1.29 is 19.6 Å². The van der Waals surface area contributed by atoms with E-state index >= 15 is 0 Å². The molecule has 0 spiro atoms. The number of esters is 1. The molecule has 0 saturated heterocycles. The highest BCUT2D eigenvalue weighted by Gasteiger charge is 2.17. The number of nitro benzene ring substituents is 1. The molecule has 2 aromatic rings. The quantitative estimate of drug-likeness (QED) is 0.406. The van der Waals surface area contributed by atoms with Crippen molar-refractivity contribution in [1.29, 1.82) is 0 Å². The summed E-state index contributed by atoms with van der Waals surface area (Å²) in [7, 11) is 0. The number of hydrogen-bond acceptors (Lipinski definition) is 5. The average molecular weight is 294 g/mol. The van der Waals surface area contributed by atoms with E-state index < -0.39 is 10.9 Å². The Morgan fingerprint density at radius 1 is 1.20 bits per heavy atom. The predicted octanol–water partition coefficient (Wildman–Crippen LogP) is 3.17. The number of ether oxygens (including phenoxy) is 1. The van der Waals surface area contributed by atoms with E-state index in [0.717, 1.165) is 6.07 Å². The van der Waals surface area contributed by atoms with Crippen LogP contribution in [0.3, 0.4) is 0 Å². The Balaban J connectivity index is 2.26. The molecule has 0 amide bonds. The largest absolute Gasteiger partial charge is 0.508 e. The summed E-state index contributed by atoms with van der Waals surface area (Å²) in [5, 5.41) is 19.8. The third-order valence-electron chi connectivity index (χ3n) is 2.43. The topological polar surface area (TPSA) is 89.7 Å². The van der Waals surface area contributed by atoms with Gasteiger partial charge in [0.05, 0.1) is 15.5 Å². The van der Waals surface area contributed by atoms with E-state index in [2.05, 4.69) is 0 Å². The first kappa shape index (κ1) is 13.8. The average Bonchev–Trinajstić information content (AvgIpc) is 2.41. The van der Waals surface area contributed by atoms with Gasteiger partial charge in [0.2, 0.25) is 0 Å². The number of nitrogens with zero attached hydrogens (tertiary/aromatic N) is 1. The van der Waals surface area contributed by atoms with Gasteiger partial charge in [0.15, 0.2) is 0 Å². The Hall–Kier alpha value is -2.60. The van der Waals surface area contributed by atoms with Crippen LogP contribution in [0.5, 0.6) is 11.5 Å². The smallest absolute Gasteiger partial charge is 0.345 e. The minimum Gasteiger partial charge on any atom is -0.508 e. The van der Waals surface area contributed by atoms with Gasteiger partial charge in [0.1, 0.15) is 11.5 Å². The van der Waals surface area contributed by atoms with E-state index in [-0.39, 0.29) is 27.8 Å². The van der Waals surface area contributed by atoms with Crippen molar-refractivity contribution in [3.05, 3.63) is 63.2 Å². The van der Waals surface area contributed by atoms with Crippen molar-refractivity contribution in [2.45, 2.75) is 0 Å². The molecule has 0 unspecified atom stereocenters. The fourth-order valence-electron chi connectivity index (χ4n) is 1.46. The SMILES string of the molecule is O=C(Oc1ccc(O)cc1)c1cc([N+](=O)[O-])ccc1Cl. The van der Waals surface area contributed by atoms with Gasteiger partial charge >= 0.3 is 5.97 Å². The molecule has 0 heterocycles.